The molecular formula is C20H35NO. The van der Waals surface area contributed by atoms with E-state index < -0.39 is 0 Å². The Kier molecular flexibility index (Phi) is 14.8. The maximum absolute atomic E-state index is 5.84. The minimum Gasteiger partial charge on any atom is -0.493 e. The second-order valence-corrected chi connectivity index (χ2v) is 4.95. The van der Waals surface area contributed by atoms with Gasteiger partial charge in [-0.1, -0.05) is 60.3 Å². The Balaban J connectivity index is 0. The molecule has 0 spiro atoms. The molecule has 0 amide bonds. The topological polar surface area (TPSA) is 21.6 Å². The minimum atomic E-state index is -0.0968. The lowest BCUT2D eigenvalue weighted by molar-refractivity contribution is 0.146. The van der Waals surface area contributed by atoms with Crippen molar-refractivity contribution in [3.05, 3.63) is 48.4 Å². The zero-order valence-electron chi connectivity index (χ0n) is 15.6. The van der Waals surface area contributed by atoms with E-state index in [0.717, 1.165) is 24.2 Å². The Morgan fingerprint density at radius 3 is 2.36 bits per heavy atom. The van der Waals surface area contributed by atoms with E-state index in [1.54, 1.807) is 6.21 Å². The quantitative estimate of drug-likeness (QED) is 0.406. The summed E-state index contributed by atoms with van der Waals surface area (Å²) in [4.78, 5) is 4.16. The molecule has 0 heterocycles. The van der Waals surface area contributed by atoms with Gasteiger partial charge in [0, 0.05) is 17.8 Å². The number of ether oxygens (including phenoxy) is 1. The summed E-state index contributed by atoms with van der Waals surface area (Å²) in [5.41, 5.74) is 0.987. The van der Waals surface area contributed by atoms with Crippen LogP contribution in [0.3, 0.4) is 0 Å². The highest BCUT2D eigenvalue weighted by molar-refractivity contribution is 5.54. The summed E-state index contributed by atoms with van der Waals surface area (Å²) >= 11 is 0. The van der Waals surface area contributed by atoms with Crippen LogP contribution in [0.5, 0.6) is 0 Å². The van der Waals surface area contributed by atoms with Crippen molar-refractivity contribution < 1.29 is 4.74 Å². The molecule has 0 aromatic heterocycles. The Labute approximate surface area is 138 Å². The first kappa shape index (κ1) is 22.7. The van der Waals surface area contributed by atoms with Gasteiger partial charge in [0.05, 0.1) is 6.61 Å². The van der Waals surface area contributed by atoms with Crippen molar-refractivity contribution in [2.75, 3.05) is 6.61 Å². The normalized spacial score (nSPS) is 14.3. The zero-order valence-corrected chi connectivity index (χ0v) is 15.6. The second kappa shape index (κ2) is 14.4. The Morgan fingerprint density at radius 1 is 1.27 bits per heavy atom. The van der Waals surface area contributed by atoms with Crippen LogP contribution in [0.2, 0.25) is 0 Å². The highest BCUT2D eigenvalue weighted by atomic mass is 16.5. The first-order chi connectivity index (χ1) is 10.6. The van der Waals surface area contributed by atoms with Crippen LogP contribution in [-0.2, 0) is 4.74 Å². The molecule has 0 fully saturated rings. The van der Waals surface area contributed by atoms with Gasteiger partial charge in [-0.2, -0.15) is 0 Å². The molecule has 0 bridgehead atoms. The molecule has 0 saturated heterocycles. The van der Waals surface area contributed by atoms with E-state index in [0.29, 0.717) is 6.61 Å². The molecule has 126 valence electrons. The average molecular weight is 306 g/mol. The third kappa shape index (κ3) is 9.38. The van der Waals surface area contributed by atoms with Gasteiger partial charge in [0.25, 0.3) is 0 Å². The number of rotatable bonds is 6. The predicted octanol–water partition coefficient (Wildman–Crippen LogP) is 6.48. The molecule has 0 unspecified atom stereocenters. The molecule has 0 aromatic rings. The molecule has 2 nitrogen and oxygen atoms in total. The van der Waals surface area contributed by atoms with E-state index >= 15 is 0 Å². The summed E-state index contributed by atoms with van der Waals surface area (Å²) in [6.07, 6.45) is 14.0. The van der Waals surface area contributed by atoms with Gasteiger partial charge in [-0.15, -0.1) is 0 Å². The van der Waals surface area contributed by atoms with Gasteiger partial charge in [-0.25, -0.2) is 0 Å². The molecule has 0 N–H and O–H groups in total. The van der Waals surface area contributed by atoms with E-state index in [9.17, 15) is 0 Å². The minimum absolute atomic E-state index is 0.0968. The van der Waals surface area contributed by atoms with Gasteiger partial charge in [0.1, 0.15) is 5.76 Å². The summed E-state index contributed by atoms with van der Waals surface area (Å²) in [6.45, 7) is 18.7. The fraction of sp³-hybridized carbons (Fsp3) is 0.550. The van der Waals surface area contributed by atoms with Crippen LogP contribution in [0.4, 0.5) is 0 Å². The Morgan fingerprint density at radius 2 is 1.91 bits per heavy atom. The average Bonchev–Trinajstić information content (AvgIpc) is 2.58. The summed E-state index contributed by atoms with van der Waals surface area (Å²) in [6, 6.07) is 0. The van der Waals surface area contributed by atoms with Gasteiger partial charge in [0.15, 0.2) is 0 Å². The van der Waals surface area contributed by atoms with Crippen LogP contribution in [0.15, 0.2) is 53.4 Å². The summed E-state index contributed by atoms with van der Waals surface area (Å²) < 4.78 is 5.84. The monoisotopic (exact) mass is 305 g/mol. The molecule has 1 rings (SSSR count). The molecule has 0 aromatic carbocycles. The zero-order chi connectivity index (χ0) is 17.4. The Hall–Kier alpha value is -1.57. The first-order valence-electron chi connectivity index (χ1n) is 8.40. The van der Waals surface area contributed by atoms with Crippen LogP contribution in [-0.4, -0.2) is 12.8 Å². The molecule has 1 aliphatic carbocycles. The lowest BCUT2D eigenvalue weighted by atomic mass is 9.85. The van der Waals surface area contributed by atoms with E-state index in [4.69, 9.17) is 4.74 Å². The van der Waals surface area contributed by atoms with Crippen LogP contribution >= 0.6 is 0 Å². The number of hydrogen-bond acceptors (Lipinski definition) is 2. The fourth-order valence-electron chi connectivity index (χ4n) is 1.70. The van der Waals surface area contributed by atoms with Gasteiger partial charge < -0.3 is 4.74 Å². The fourth-order valence-corrected chi connectivity index (χ4v) is 1.70. The van der Waals surface area contributed by atoms with Crippen molar-refractivity contribution in [3.8, 4) is 0 Å². The molecule has 1 aliphatic rings. The van der Waals surface area contributed by atoms with Crippen molar-refractivity contribution in [3.63, 3.8) is 0 Å². The Bertz CT molecular complexity index is 398. The molecule has 22 heavy (non-hydrogen) atoms. The second-order valence-electron chi connectivity index (χ2n) is 4.95. The lowest BCUT2D eigenvalue weighted by Crippen LogP contribution is -2.21. The first-order valence-corrected chi connectivity index (χ1v) is 8.40. The molecule has 2 heteroatoms. The third-order valence-corrected chi connectivity index (χ3v) is 2.92. The van der Waals surface area contributed by atoms with E-state index in [-0.39, 0.29) is 5.41 Å². The maximum atomic E-state index is 5.84. The predicted molar refractivity (Wildman–Crippen MR) is 101 cm³/mol. The van der Waals surface area contributed by atoms with Gasteiger partial charge >= 0.3 is 0 Å². The van der Waals surface area contributed by atoms with Crippen LogP contribution in [0.25, 0.3) is 0 Å². The molecule has 0 aliphatic heterocycles. The third-order valence-electron chi connectivity index (χ3n) is 2.92. The van der Waals surface area contributed by atoms with Crippen LogP contribution in [0, 0.1) is 5.41 Å². The maximum Gasteiger partial charge on any atom is 0.115 e. The van der Waals surface area contributed by atoms with Gasteiger partial charge in [-0.3, -0.25) is 4.99 Å². The molecule has 0 radical (unpaired) electrons. The van der Waals surface area contributed by atoms with E-state index in [1.165, 1.54) is 0 Å². The highest BCUT2D eigenvalue weighted by Gasteiger charge is 2.22. The van der Waals surface area contributed by atoms with Crippen molar-refractivity contribution in [1.29, 1.82) is 0 Å². The number of aliphatic imine (C=N–C) groups is 1. The van der Waals surface area contributed by atoms with Crippen molar-refractivity contribution in [2.45, 2.75) is 61.3 Å². The number of nitrogens with zero attached hydrogens (tertiary/aromatic N) is 1. The SMILES string of the molecule is C=C/C(=C\N=CC)C(C)(C)COC1=CCCC=C1.CC.CC. The van der Waals surface area contributed by atoms with Crippen LogP contribution in [0.1, 0.15) is 61.3 Å². The van der Waals surface area contributed by atoms with Crippen molar-refractivity contribution in [1.82, 2.24) is 0 Å². The van der Waals surface area contributed by atoms with Gasteiger partial charge in [-0.05, 0) is 37.5 Å². The molecule has 0 saturated carbocycles. The number of hydrogen-bond donors (Lipinski definition) is 0. The molecular weight excluding hydrogens is 270 g/mol. The van der Waals surface area contributed by atoms with Gasteiger partial charge in [0.2, 0.25) is 0 Å². The van der Waals surface area contributed by atoms with Crippen molar-refractivity contribution in [2.24, 2.45) is 10.4 Å². The summed E-state index contributed by atoms with van der Waals surface area (Å²) in [7, 11) is 0. The van der Waals surface area contributed by atoms with Crippen molar-refractivity contribution >= 4 is 6.21 Å². The van der Waals surface area contributed by atoms with E-state index in [2.05, 4.69) is 37.6 Å². The summed E-state index contributed by atoms with van der Waals surface area (Å²) in [5, 5.41) is 0. The smallest absolute Gasteiger partial charge is 0.115 e. The summed E-state index contributed by atoms with van der Waals surface area (Å²) in [5.74, 6) is 0.969. The van der Waals surface area contributed by atoms with E-state index in [1.807, 2.05) is 53.0 Å². The lowest BCUT2D eigenvalue weighted by Gasteiger charge is -2.26. The molecule has 0 atom stereocenters. The largest absolute Gasteiger partial charge is 0.493 e. The highest BCUT2D eigenvalue weighted by Crippen LogP contribution is 2.29. The standard InChI is InChI=1S/C16H23NO.2C2H6/c1-5-14(12-17-6-2)16(3,4)13-18-15-10-8-7-9-11-15;2*1-2/h5-6,8,10-12H,1,7,9,13H2,2-4H3;2*1-2H3/b14-12+,17-6?;;. The van der Waals surface area contributed by atoms with Crippen LogP contribution < -0.4 is 0 Å². The number of allylic oxidation sites excluding steroid dienone is 4.